The van der Waals surface area contributed by atoms with Crippen LogP contribution in [0.15, 0.2) is 18.3 Å². The minimum Gasteiger partial charge on any atom is -0.497 e. The Balaban J connectivity index is 2.50. The third-order valence-corrected chi connectivity index (χ3v) is 1.56. The van der Waals surface area contributed by atoms with Gasteiger partial charge in [0.15, 0.2) is 6.61 Å². The summed E-state index contributed by atoms with van der Waals surface area (Å²) < 4.78 is 44.0. The SMILES string of the molecule is COc1ccnc(NC(=O)OCC(F)(F)F)c1. The van der Waals surface area contributed by atoms with Crippen LogP contribution in [0.3, 0.4) is 0 Å². The topological polar surface area (TPSA) is 60.5 Å². The maximum atomic E-state index is 11.7. The van der Waals surface area contributed by atoms with Gasteiger partial charge in [0.2, 0.25) is 0 Å². The third-order valence-electron chi connectivity index (χ3n) is 1.56. The predicted octanol–water partition coefficient (Wildman–Crippen LogP) is 2.20. The first-order valence-corrected chi connectivity index (χ1v) is 4.41. The summed E-state index contributed by atoms with van der Waals surface area (Å²) in [5.74, 6) is 0.447. The molecular formula is C9H9F3N2O3. The second-order valence-electron chi connectivity index (χ2n) is 2.90. The van der Waals surface area contributed by atoms with E-state index in [-0.39, 0.29) is 5.82 Å². The molecule has 94 valence electrons. The van der Waals surface area contributed by atoms with Gasteiger partial charge in [-0.15, -0.1) is 0 Å². The zero-order valence-corrected chi connectivity index (χ0v) is 8.75. The Kier molecular flexibility index (Phi) is 4.13. The predicted molar refractivity (Wildman–Crippen MR) is 51.8 cm³/mol. The molecule has 1 amide bonds. The largest absolute Gasteiger partial charge is 0.497 e. The van der Waals surface area contributed by atoms with Crippen LogP contribution in [0.1, 0.15) is 0 Å². The molecule has 0 bridgehead atoms. The van der Waals surface area contributed by atoms with Crippen molar-refractivity contribution in [3.63, 3.8) is 0 Å². The average Bonchev–Trinajstić information content (AvgIpc) is 2.26. The minimum atomic E-state index is -4.56. The van der Waals surface area contributed by atoms with Crippen molar-refractivity contribution < 1.29 is 27.4 Å². The molecule has 8 heteroatoms. The van der Waals surface area contributed by atoms with Gasteiger partial charge in [-0.3, -0.25) is 5.32 Å². The fourth-order valence-corrected chi connectivity index (χ4v) is 0.895. The number of carbonyl (C=O) groups excluding carboxylic acids is 1. The molecule has 0 aromatic carbocycles. The molecule has 1 aromatic rings. The highest BCUT2D eigenvalue weighted by molar-refractivity contribution is 5.83. The molecule has 1 heterocycles. The van der Waals surface area contributed by atoms with Crippen molar-refractivity contribution in [3.8, 4) is 5.75 Å². The van der Waals surface area contributed by atoms with Crippen LogP contribution in [0.2, 0.25) is 0 Å². The van der Waals surface area contributed by atoms with E-state index >= 15 is 0 Å². The van der Waals surface area contributed by atoms with E-state index in [4.69, 9.17) is 4.74 Å². The number of hydrogen-bond donors (Lipinski definition) is 1. The van der Waals surface area contributed by atoms with E-state index in [0.717, 1.165) is 0 Å². The summed E-state index contributed by atoms with van der Waals surface area (Å²) in [4.78, 5) is 14.6. The van der Waals surface area contributed by atoms with Crippen molar-refractivity contribution in [1.29, 1.82) is 0 Å². The van der Waals surface area contributed by atoms with Gasteiger partial charge in [0.05, 0.1) is 7.11 Å². The van der Waals surface area contributed by atoms with Crippen LogP contribution in [0, 0.1) is 0 Å². The number of carbonyl (C=O) groups is 1. The third kappa shape index (κ3) is 5.05. The monoisotopic (exact) mass is 250 g/mol. The smallest absolute Gasteiger partial charge is 0.422 e. The van der Waals surface area contributed by atoms with Gasteiger partial charge in [-0.25, -0.2) is 9.78 Å². The first-order chi connectivity index (χ1) is 7.90. The van der Waals surface area contributed by atoms with Gasteiger partial charge in [0.1, 0.15) is 11.6 Å². The Morgan fingerprint density at radius 1 is 1.53 bits per heavy atom. The van der Waals surface area contributed by atoms with Gasteiger partial charge in [-0.1, -0.05) is 0 Å². The summed E-state index contributed by atoms with van der Waals surface area (Å²) in [5, 5.41) is 2.04. The molecule has 0 aliphatic heterocycles. The second-order valence-corrected chi connectivity index (χ2v) is 2.90. The molecule has 0 spiro atoms. The second kappa shape index (κ2) is 5.37. The van der Waals surface area contributed by atoms with Gasteiger partial charge in [0.25, 0.3) is 0 Å². The molecule has 0 saturated heterocycles. The molecule has 1 aromatic heterocycles. The molecule has 0 fully saturated rings. The summed E-state index contributed by atoms with van der Waals surface area (Å²) in [6.07, 6.45) is -4.46. The normalized spacial score (nSPS) is 10.8. The molecule has 0 aliphatic carbocycles. The Morgan fingerprint density at radius 2 is 2.24 bits per heavy atom. The Hall–Kier alpha value is -1.99. The van der Waals surface area contributed by atoms with Crippen LogP contribution >= 0.6 is 0 Å². The summed E-state index contributed by atoms with van der Waals surface area (Å²) in [5.41, 5.74) is 0. The quantitative estimate of drug-likeness (QED) is 0.893. The Labute approximate surface area is 94.5 Å². The number of aromatic nitrogens is 1. The number of ether oxygens (including phenoxy) is 2. The molecule has 0 unspecified atom stereocenters. The average molecular weight is 250 g/mol. The first-order valence-electron chi connectivity index (χ1n) is 4.41. The number of anilines is 1. The van der Waals surface area contributed by atoms with E-state index in [1.807, 2.05) is 5.32 Å². The Morgan fingerprint density at radius 3 is 2.82 bits per heavy atom. The van der Waals surface area contributed by atoms with E-state index < -0.39 is 18.9 Å². The fourth-order valence-electron chi connectivity index (χ4n) is 0.895. The highest BCUT2D eigenvalue weighted by Gasteiger charge is 2.29. The maximum Gasteiger partial charge on any atom is 0.422 e. The standard InChI is InChI=1S/C9H9F3N2O3/c1-16-6-2-3-13-7(4-6)14-8(15)17-5-9(10,11)12/h2-4H,5H2,1H3,(H,13,14,15). The lowest BCUT2D eigenvalue weighted by Gasteiger charge is -2.09. The van der Waals surface area contributed by atoms with Crippen molar-refractivity contribution in [2.75, 3.05) is 19.0 Å². The fraction of sp³-hybridized carbons (Fsp3) is 0.333. The molecule has 0 saturated carbocycles. The number of alkyl halides is 3. The number of nitrogens with zero attached hydrogens (tertiary/aromatic N) is 1. The summed E-state index contributed by atoms with van der Waals surface area (Å²) >= 11 is 0. The maximum absolute atomic E-state index is 11.7. The minimum absolute atomic E-state index is 0.0384. The Bertz CT molecular complexity index is 395. The van der Waals surface area contributed by atoms with Crippen molar-refractivity contribution in [2.45, 2.75) is 6.18 Å². The van der Waals surface area contributed by atoms with Crippen LogP contribution in [-0.2, 0) is 4.74 Å². The van der Waals surface area contributed by atoms with Crippen molar-refractivity contribution in [2.24, 2.45) is 0 Å². The van der Waals surface area contributed by atoms with E-state index in [2.05, 4.69) is 9.72 Å². The van der Waals surface area contributed by atoms with Crippen LogP contribution in [0.25, 0.3) is 0 Å². The van der Waals surface area contributed by atoms with Crippen molar-refractivity contribution in [3.05, 3.63) is 18.3 Å². The molecule has 1 N–H and O–H groups in total. The van der Waals surface area contributed by atoms with E-state index in [9.17, 15) is 18.0 Å². The lowest BCUT2D eigenvalue weighted by atomic mass is 10.4. The molecular weight excluding hydrogens is 241 g/mol. The van der Waals surface area contributed by atoms with Crippen molar-refractivity contribution >= 4 is 11.9 Å². The van der Waals surface area contributed by atoms with E-state index in [1.165, 1.54) is 25.4 Å². The first kappa shape index (κ1) is 13.1. The number of rotatable bonds is 3. The number of nitrogens with one attached hydrogen (secondary N) is 1. The van der Waals surface area contributed by atoms with E-state index in [1.54, 1.807) is 0 Å². The summed E-state index contributed by atoms with van der Waals surface area (Å²) in [7, 11) is 1.40. The van der Waals surface area contributed by atoms with Crippen molar-refractivity contribution in [1.82, 2.24) is 4.98 Å². The highest BCUT2D eigenvalue weighted by Crippen LogP contribution is 2.16. The lowest BCUT2D eigenvalue weighted by molar-refractivity contribution is -0.159. The molecule has 5 nitrogen and oxygen atoms in total. The van der Waals surface area contributed by atoms with Crippen LogP contribution < -0.4 is 10.1 Å². The molecule has 0 aliphatic rings. The molecule has 17 heavy (non-hydrogen) atoms. The van der Waals surface area contributed by atoms with Crippen LogP contribution in [-0.4, -0.2) is 31.0 Å². The number of halogens is 3. The van der Waals surface area contributed by atoms with Crippen LogP contribution in [0.5, 0.6) is 5.75 Å². The zero-order chi connectivity index (χ0) is 12.9. The summed E-state index contributed by atoms with van der Waals surface area (Å²) in [6, 6.07) is 2.86. The molecule has 0 radical (unpaired) electrons. The van der Waals surface area contributed by atoms with Crippen LogP contribution in [0.4, 0.5) is 23.8 Å². The van der Waals surface area contributed by atoms with E-state index in [0.29, 0.717) is 5.75 Å². The van der Waals surface area contributed by atoms with Gasteiger partial charge in [-0.2, -0.15) is 13.2 Å². The number of pyridine rings is 1. The highest BCUT2D eigenvalue weighted by atomic mass is 19.4. The molecule has 1 rings (SSSR count). The van der Waals surface area contributed by atoms with Gasteiger partial charge >= 0.3 is 12.3 Å². The van der Waals surface area contributed by atoms with Gasteiger partial charge < -0.3 is 9.47 Å². The van der Waals surface area contributed by atoms with Gasteiger partial charge in [0, 0.05) is 12.3 Å². The summed E-state index contributed by atoms with van der Waals surface area (Å²) in [6.45, 7) is -1.65. The zero-order valence-electron chi connectivity index (χ0n) is 8.75. The number of methoxy groups -OCH3 is 1. The number of hydrogen-bond acceptors (Lipinski definition) is 4. The number of amides is 1. The molecule has 0 atom stereocenters. The van der Waals surface area contributed by atoms with Gasteiger partial charge in [-0.05, 0) is 6.07 Å². The lowest BCUT2D eigenvalue weighted by Crippen LogP contribution is -2.23.